The summed E-state index contributed by atoms with van der Waals surface area (Å²) in [5, 5.41) is 13.9. The van der Waals surface area contributed by atoms with Crippen molar-refractivity contribution in [2.75, 3.05) is 5.32 Å². The van der Waals surface area contributed by atoms with Crippen LogP contribution >= 0.6 is 0 Å². The van der Waals surface area contributed by atoms with Gasteiger partial charge in [-0.25, -0.2) is 0 Å². The van der Waals surface area contributed by atoms with Gasteiger partial charge in [0.15, 0.2) is 0 Å². The largest absolute Gasteiger partial charge is 0.377 e. The van der Waals surface area contributed by atoms with Crippen LogP contribution in [0.3, 0.4) is 0 Å². The SMILES string of the molecule is CC(CCC1CC1)Nc1cccc(F)c1[N+](=O)[O-]. The van der Waals surface area contributed by atoms with Gasteiger partial charge in [-0.1, -0.05) is 18.9 Å². The second-order valence-corrected chi connectivity index (χ2v) is 4.96. The van der Waals surface area contributed by atoms with Crippen molar-refractivity contribution in [2.24, 2.45) is 5.92 Å². The van der Waals surface area contributed by atoms with Crippen LogP contribution in [0.1, 0.15) is 32.6 Å². The summed E-state index contributed by atoms with van der Waals surface area (Å²) in [6, 6.07) is 4.26. The van der Waals surface area contributed by atoms with Crippen LogP contribution in [-0.4, -0.2) is 11.0 Å². The number of halogens is 1. The lowest BCUT2D eigenvalue weighted by atomic mass is 10.1. The minimum atomic E-state index is -0.792. The Labute approximate surface area is 105 Å². The van der Waals surface area contributed by atoms with Gasteiger partial charge < -0.3 is 5.32 Å². The molecule has 1 aromatic carbocycles. The van der Waals surface area contributed by atoms with Crippen molar-refractivity contribution < 1.29 is 9.31 Å². The Morgan fingerprint density at radius 3 is 2.89 bits per heavy atom. The molecular formula is C13H17FN2O2. The van der Waals surface area contributed by atoms with Crippen LogP contribution in [0.4, 0.5) is 15.8 Å². The molecule has 1 aliphatic rings. The molecule has 1 aliphatic carbocycles. The number of nitrogens with zero attached hydrogens (tertiary/aromatic N) is 1. The number of rotatable bonds is 6. The van der Waals surface area contributed by atoms with E-state index in [1.165, 1.54) is 18.9 Å². The average Bonchev–Trinajstić information content (AvgIpc) is 3.09. The van der Waals surface area contributed by atoms with E-state index >= 15 is 0 Å². The summed E-state index contributed by atoms with van der Waals surface area (Å²) in [5.41, 5.74) is -0.195. The third-order valence-corrected chi connectivity index (χ3v) is 3.28. The number of nitro groups is 1. The Kier molecular flexibility index (Phi) is 3.79. The van der Waals surface area contributed by atoms with Gasteiger partial charge >= 0.3 is 5.69 Å². The lowest BCUT2D eigenvalue weighted by molar-refractivity contribution is -0.386. The third kappa shape index (κ3) is 3.18. The fraction of sp³-hybridized carbons (Fsp3) is 0.538. The first-order valence-electron chi connectivity index (χ1n) is 6.27. The molecule has 1 aromatic rings. The molecule has 0 radical (unpaired) electrons. The van der Waals surface area contributed by atoms with E-state index in [4.69, 9.17) is 0 Å². The number of nitro benzene ring substituents is 1. The average molecular weight is 252 g/mol. The van der Waals surface area contributed by atoms with Crippen molar-refractivity contribution >= 4 is 11.4 Å². The maximum absolute atomic E-state index is 13.4. The van der Waals surface area contributed by atoms with E-state index in [0.717, 1.165) is 24.8 Å². The van der Waals surface area contributed by atoms with Crippen LogP contribution in [0.5, 0.6) is 0 Å². The number of benzene rings is 1. The fourth-order valence-corrected chi connectivity index (χ4v) is 2.05. The molecule has 0 spiro atoms. The molecule has 0 heterocycles. The van der Waals surface area contributed by atoms with E-state index in [2.05, 4.69) is 5.32 Å². The first kappa shape index (κ1) is 12.8. The maximum atomic E-state index is 13.4. The van der Waals surface area contributed by atoms with Crippen LogP contribution in [0.15, 0.2) is 18.2 Å². The summed E-state index contributed by atoms with van der Waals surface area (Å²) in [4.78, 5) is 10.2. The summed E-state index contributed by atoms with van der Waals surface area (Å²) in [6.45, 7) is 1.97. The zero-order valence-corrected chi connectivity index (χ0v) is 10.4. The van der Waals surface area contributed by atoms with E-state index in [1.54, 1.807) is 6.07 Å². The smallest absolute Gasteiger partial charge is 0.327 e. The molecule has 0 bridgehead atoms. The molecule has 4 nitrogen and oxygen atoms in total. The Hall–Kier alpha value is -1.65. The summed E-state index contributed by atoms with van der Waals surface area (Å²) < 4.78 is 13.4. The molecule has 0 saturated heterocycles. The maximum Gasteiger partial charge on any atom is 0.327 e. The topological polar surface area (TPSA) is 55.2 Å². The first-order valence-corrected chi connectivity index (χ1v) is 6.27. The van der Waals surface area contributed by atoms with Crippen molar-refractivity contribution in [3.63, 3.8) is 0 Å². The van der Waals surface area contributed by atoms with Crippen molar-refractivity contribution in [1.82, 2.24) is 0 Å². The number of anilines is 1. The highest BCUT2D eigenvalue weighted by molar-refractivity contribution is 5.62. The molecule has 98 valence electrons. The molecule has 18 heavy (non-hydrogen) atoms. The second kappa shape index (κ2) is 5.33. The van der Waals surface area contributed by atoms with E-state index in [0.29, 0.717) is 0 Å². The van der Waals surface area contributed by atoms with E-state index in [1.807, 2.05) is 6.92 Å². The van der Waals surface area contributed by atoms with Gasteiger partial charge in [0, 0.05) is 6.04 Å². The number of nitrogens with one attached hydrogen (secondary N) is 1. The molecule has 1 unspecified atom stereocenters. The van der Waals surface area contributed by atoms with Gasteiger partial charge in [0.05, 0.1) is 4.92 Å². The zero-order chi connectivity index (χ0) is 13.1. The van der Waals surface area contributed by atoms with Gasteiger partial charge in [0.25, 0.3) is 0 Å². The van der Waals surface area contributed by atoms with Gasteiger partial charge in [0.2, 0.25) is 5.82 Å². The van der Waals surface area contributed by atoms with Gasteiger partial charge in [-0.15, -0.1) is 0 Å². The summed E-state index contributed by atoms with van der Waals surface area (Å²) in [7, 11) is 0. The Balaban J connectivity index is 2.02. The van der Waals surface area contributed by atoms with Crippen molar-refractivity contribution in [3.8, 4) is 0 Å². The van der Waals surface area contributed by atoms with E-state index in [-0.39, 0.29) is 11.7 Å². The second-order valence-electron chi connectivity index (χ2n) is 4.96. The van der Waals surface area contributed by atoms with Gasteiger partial charge in [-0.05, 0) is 37.8 Å². The molecule has 1 saturated carbocycles. The predicted octanol–water partition coefficient (Wildman–Crippen LogP) is 3.72. The number of hydrogen-bond acceptors (Lipinski definition) is 3. The van der Waals surface area contributed by atoms with Crippen molar-refractivity contribution in [1.29, 1.82) is 0 Å². The lowest BCUT2D eigenvalue weighted by Gasteiger charge is -2.15. The minimum Gasteiger partial charge on any atom is -0.377 e. The van der Waals surface area contributed by atoms with Crippen molar-refractivity contribution in [3.05, 3.63) is 34.1 Å². The fourth-order valence-electron chi connectivity index (χ4n) is 2.05. The molecular weight excluding hydrogens is 235 g/mol. The Bertz CT molecular complexity index is 447. The number of para-hydroxylation sites is 1. The van der Waals surface area contributed by atoms with E-state index in [9.17, 15) is 14.5 Å². The van der Waals surface area contributed by atoms with Gasteiger partial charge in [-0.3, -0.25) is 10.1 Å². The Morgan fingerprint density at radius 2 is 2.28 bits per heavy atom. The molecule has 1 fully saturated rings. The molecule has 0 aliphatic heterocycles. The van der Waals surface area contributed by atoms with Gasteiger partial charge in [-0.2, -0.15) is 4.39 Å². The highest BCUT2D eigenvalue weighted by atomic mass is 19.1. The zero-order valence-electron chi connectivity index (χ0n) is 10.4. The highest BCUT2D eigenvalue weighted by Gasteiger charge is 2.23. The molecule has 1 atom stereocenters. The summed E-state index contributed by atoms with van der Waals surface area (Å²) in [5.74, 6) is 0.0381. The highest BCUT2D eigenvalue weighted by Crippen LogP contribution is 2.34. The molecule has 5 heteroatoms. The third-order valence-electron chi connectivity index (χ3n) is 3.28. The standard InChI is InChI=1S/C13H17FN2O2/c1-9(5-6-10-7-8-10)15-12-4-2-3-11(14)13(12)16(17)18/h2-4,9-10,15H,5-8H2,1H3. The van der Waals surface area contributed by atoms with Gasteiger partial charge in [0.1, 0.15) is 5.69 Å². The molecule has 0 amide bonds. The summed E-state index contributed by atoms with van der Waals surface area (Å²) in [6.07, 6.45) is 4.69. The van der Waals surface area contributed by atoms with Crippen LogP contribution in [0.25, 0.3) is 0 Å². The molecule has 1 N–H and O–H groups in total. The van der Waals surface area contributed by atoms with E-state index < -0.39 is 16.4 Å². The normalized spacial score (nSPS) is 16.3. The van der Waals surface area contributed by atoms with Crippen LogP contribution in [-0.2, 0) is 0 Å². The summed E-state index contributed by atoms with van der Waals surface area (Å²) >= 11 is 0. The quantitative estimate of drug-likeness (QED) is 0.620. The van der Waals surface area contributed by atoms with Crippen LogP contribution in [0.2, 0.25) is 0 Å². The van der Waals surface area contributed by atoms with Crippen LogP contribution in [0, 0.1) is 21.8 Å². The van der Waals surface area contributed by atoms with Crippen LogP contribution < -0.4 is 5.32 Å². The first-order chi connectivity index (χ1) is 8.58. The lowest BCUT2D eigenvalue weighted by Crippen LogP contribution is -2.16. The molecule has 0 aromatic heterocycles. The van der Waals surface area contributed by atoms with Crippen molar-refractivity contribution in [2.45, 2.75) is 38.6 Å². The monoisotopic (exact) mass is 252 g/mol. The predicted molar refractivity (Wildman–Crippen MR) is 68.1 cm³/mol. The minimum absolute atomic E-state index is 0.117. The Morgan fingerprint density at radius 1 is 1.56 bits per heavy atom. The molecule has 2 rings (SSSR count). The number of hydrogen-bond donors (Lipinski definition) is 1.